The maximum Gasteiger partial charge on any atom is 0.326 e. The molecule has 2 fully saturated rings. The number of carboxylic acids is 1. The number of likely N-dealkylation sites (tertiary alicyclic amines) is 1. The maximum absolute atomic E-state index is 12.8. The number of carboxylic acid groups (broad SMARTS) is 1. The molecule has 1 aromatic carbocycles. The molecule has 0 radical (unpaired) electrons. The van der Waals surface area contributed by atoms with Gasteiger partial charge in [-0.25, -0.2) is 4.79 Å². The first-order valence-electron chi connectivity index (χ1n) is 7.94. The van der Waals surface area contributed by atoms with E-state index >= 15 is 0 Å². The summed E-state index contributed by atoms with van der Waals surface area (Å²) in [7, 11) is 0. The van der Waals surface area contributed by atoms with E-state index in [2.05, 4.69) is 0 Å². The van der Waals surface area contributed by atoms with Gasteiger partial charge in [-0.05, 0) is 49.4 Å². The summed E-state index contributed by atoms with van der Waals surface area (Å²) in [6.07, 6.45) is 4.50. The molecule has 1 saturated carbocycles. The number of hydrogen-bond acceptors (Lipinski definition) is 3. The summed E-state index contributed by atoms with van der Waals surface area (Å²) >= 11 is 0. The van der Waals surface area contributed by atoms with Gasteiger partial charge in [0.2, 0.25) is 5.91 Å². The Bertz CT molecular complexity index is 640. The van der Waals surface area contributed by atoms with E-state index in [1.54, 1.807) is 4.90 Å². The zero-order chi connectivity index (χ0) is 16.6. The van der Waals surface area contributed by atoms with Gasteiger partial charge in [-0.1, -0.05) is 12.8 Å². The molecular weight excluding hydrogens is 296 g/mol. The molecule has 0 bridgehead atoms. The van der Waals surface area contributed by atoms with Crippen LogP contribution in [-0.4, -0.2) is 39.9 Å². The average Bonchev–Trinajstić information content (AvgIpc) is 2.94. The van der Waals surface area contributed by atoms with Crippen LogP contribution in [0.3, 0.4) is 0 Å². The lowest BCUT2D eigenvalue weighted by molar-refractivity contribution is -0.141. The Balaban J connectivity index is 1.88. The van der Waals surface area contributed by atoms with Gasteiger partial charge in [0, 0.05) is 17.2 Å². The van der Waals surface area contributed by atoms with Gasteiger partial charge in [0.15, 0.2) is 0 Å². The van der Waals surface area contributed by atoms with Crippen molar-refractivity contribution in [3.63, 3.8) is 0 Å². The molecule has 3 rings (SSSR count). The number of amides is 2. The Morgan fingerprint density at radius 1 is 1.04 bits per heavy atom. The van der Waals surface area contributed by atoms with Crippen LogP contribution in [0.1, 0.15) is 52.8 Å². The monoisotopic (exact) mass is 316 g/mol. The zero-order valence-electron chi connectivity index (χ0n) is 12.8. The topological polar surface area (TPSA) is 101 Å². The SMILES string of the molecule is NC(=O)c1ccc(C(=O)N2C(C(=O)O)CC3CCCCC32)cc1. The van der Waals surface area contributed by atoms with Crippen molar-refractivity contribution in [2.45, 2.75) is 44.2 Å². The van der Waals surface area contributed by atoms with Crippen LogP contribution in [0, 0.1) is 5.92 Å². The highest BCUT2D eigenvalue weighted by molar-refractivity contribution is 5.99. The maximum atomic E-state index is 12.8. The van der Waals surface area contributed by atoms with Crippen molar-refractivity contribution in [1.29, 1.82) is 0 Å². The molecular formula is C17H20N2O4. The molecule has 1 heterocycles. The summed E-state index contributed by atoms with van der Waals surface area (Å²) < 4.78 is 0. The fourth-order valence-electron chi connectivity index (χ4n) is 3.90. The molecule has 0 aromatic heterocycles. The van der Waals surface area contributed by atoms with E-state index in [1.165, 1.54) is 24.3 Å². The van der Waals surface area contributed by atoms with Crippen LogP contribution >= 0.6 is 0 Å². The highest BCUT2D eigenvalue weighted by Crippen LogP contribution is 2.40. The minimum atomic E-state index is -0.943. The van der Waals surface area contributed by atoms with Crippen LogP contribution in [0.15, 0.2) is 24.3 Å². The first kappa shape index (κ1) is 15.5. The summed E-state index contributed by atoms with van der Waals surface area (Å²) in [5, 5.41) is 9.49. The van der Waals surface area contributed by atoms with Crippen LogP contribution < -0.4 is 5.73 Å². The number of hydrogen-bond donors (Lipinski definition) is 2. The number of carbonyl (C=O) groups is 3. The van der Waals surface area contributed by atoms with Crippen molar-refractivity contribution < 1.29 is 19.5 Å². The Morgan fingerprint density at radius 2 is 1.65 bits per heavy atom. The van der Waals surface area contributed by atoms with Gasteiger partial charge in [0.05, 0.1) is 0 Å². The molecule has 1 saturated heterocycles. The molecule has 3 atom stereocenters. The van der Waals surface area contributed by atoms with E-state index in [0.717, 1.165) is 25.7 Å². The summed E-state index contributed by atoms with van der Waals surface area (Å²) in [5.74, 6) is -1.50. The third-order valence-electron chi connectivity index (χ3n) is 5.02. The second-order valence-corrected chi connectivity index (χ2v) is 6.36. The third kappa shape index (κ3) is 2.81. The zero-order valence-corrected chi connectivity index (χ0v) is 12.8. The Kier molecular flexibility index (Phi) is 4.07. The van der Waals surface area contributed by atoms with Crippen LogP contribution in [-0.2, 0) is 4.79 Å². The van der Waals surface area contributed by atoms with Crippen molar-refractivity contribution in [2.75, 3.05) is 0 Å². The summed E-state index contributed by atoms with van der Waals surface area (Å²) in [6, 6.07) is 5.33. The number of aliphatic carboxylic acids is 1. The largest absolute Gasteiger partial charge is 0.480 e. The lowest BCUT2D eigenvalue weighted by atomic mass is 9.84. The van der Waals surface area contributed by atoms with Crippen molar-refractivity contribution >= 4 is 17.8 Å². The normalized spacial score (nSPS) is 26.6. The second-order valence-electron chi connectivity index (χ2n) is 6.36. The minimum Gasteiger partial charge on any atom is -0.480 e. The molecule has 6 nitrogen and oxygen atoms in total. The molecule has 3 unspecified atom stereocenters. The Labute approximate surface area is 134 Å². The van der Waals surface area contributed by atoms with Crippen molar-refractivity contribution in [1.82, 2.24) is 4.90 Å². The Hall–Kier alpha value is -2.37. The van der Waals surface area contributed by atoms with Gasteiger partial charge in [-0.3, -0.25) is 9.59 Å². The lowest BCUT2D eigenvalue weighted by Gasteiger charge is -2.33. The van der Waals surface area contributed by atoms with E-state index in [-0.39, 0.29) is 17.9 Å². The molecule has 2 amide bonds. The van der Waals surface area contributed by atoms with Gasteiger partial charge in [-0.15, -0.1) is 0 Å². The highest BCUT2D eigenvalue weighted by Gasteiger charge is 2.47. The first-order valence-corrected chi connectivity index (χ1v) is 7.94. The fraction of sp³-hybridized carbons (Fsp3) is 0.471. The molecule has 1 aliphatic heterocycles. The third-order valence-corrected chi connectivity index (χ3v) is 5.02. The van der Waals surface area contributed by atoms with Gasteiger partial charge < -0.3 is 15.7 Å². The predicted octanol–water partition coefficient (Wildman–Crippen LogP) is 1.64. The van der Waals surface area contributed by atoms with Gasteiger partial charge in [0.25, 0.3) is 5.91 Å². The van der Waals surface area contributed by atoms with Crippen LogP contribution in [0.4, 0.5) is 0 Å². The number of fused-ring (bicyclic) bond motifs is 1. The van der Waals surface area contributed by atoms with Crippen LogP contribution in [0.5, 0.6) is 0 Å². The molecule has 1 aliphatic carbocycles. The van der Waals surface area contributed by atoms with Gasteiger partial charge >= 0.3 is 5.97 Å². The van der Waals surface area contributed by atoms with E-state index < -0.39 is 17.9 Å². The van der Waals surface area contributed by atoms with Crippen molar-refractivity contribution in [3.05, 3.63) is 35.4 Å². The molecule has 0 spiro atoms. The number of primary amides is 1. The van der Waals surface area contributed by atoms with Crippen molar-refractivity contribution in [2.24, 2.45) is 11.7 Å². The van der Waals surface area contributed by atoms with E-state index in [9.17, 15) is 19.5 Å². The molecule has 122 valence electrons. The Morgan fingerprint density at radius 3 is 2.26 bits per heavy atom. The number of rotatable bonds is 3. The summed E-state index contributed by atoms with van der Waals surface area (Å²) in [6.45, 7) is 0. The standard InChI is InChI=1S/C17H20N2O4/c18-15(20)10-5-7-11(8-6-10)16(21)19-13-4-2-1-3-12(13)9-14(19)17(22)23/h5-8,12-14H,1-4,9H2,(H2,18,20)(H,22,23). The lowest BCUT2D eigenvalue weighted by Crippen LogP contribution is -2.46. The smallest absolute Gasteiger partial charge is 0.326 e. The number of nitrogens with two attached hydrogens (primary N) is 1. The van der Waals surface area contributed by atoms with Gasteiger partial charge in [-0.2, -0.15) is 0 Å². The van der Waals surface area contributed by atoms with E-state index in [1.807, 2.05) is 0 Å². The summed E-state index contributed by atoms with van der Waals surface area (Å²) in [5.41, 5.74) is 5.92. The second kappa shape index (κ2) is 6.02. The highest BCUT2D eigenvalue weighted by atomic mass is 16.4. The first-order chi connectivity index (χ1) is 11.0. The number of nitrogens with zero attached hydrogens (tertiary/aromatic N) is 1. The molecule has 2 aliphatic rings. The summed E-state index contributed by atoms with van der Waals surface area (Å²) in [4.78, 5) is 37.1. The van der Waals surface area contributed by atoms with Crippen molar-refractivity contribution in [3.8, 4) is 0 Å². The van der Waals surface area contributed by atoms with Gasteiger partial charge in [0.1, 0.15) is 6.04 Å². The molecule has 1 aromatic rings. The quantitative estimate of drug-likeness (QED) is 0.885. The van der Waals surface area contributed by atoms with E-state index in [4.69, 9.17) is 5.73 Å². The predicted molar refractivity (Wildman–Crippen MR) is 82.9 cm³/mol. The van der Waals surface area contributed by atoms with Crippen LogP contribution in [0.2, 0.25) is 0 Å². The number of benzene rings is 1. The molecule has 23 heavy (non-hydrogen) atoms. The number of carbonyl (C=O) groups excluding carboxylic acids is 2. The van der Waals surface area contributed by atoms with E-state index in [0.29, 0.717) is 17.5 Å². The van der Waals surface area contributed by atoms with Crippen LogP contribution in [0.25, 0.3) is 0 Å². The molecule has 3 N–H and O–H groups in total. The fourth-order valence-corrected chi connectivity index (χ4v) is 3.90. The molecule has 6 heteroatoms. The average molecular weight is 316 g/mol. The minimum absolute atomic E-state index is 0.00756.